The summed E-state index contributed by atoms with van der Waals surface area (Å²) in [5, 5.41) is 43.8. The van der Waals surface area contributed by atoms with Crippen LogP contribution in [0.5, 0.6) is 17.2 Å². The first kappa shape index (κ1) is 49.8. The molecule has 20 nitrogen and oxygen atoms in total. The summed E-state index contributed by atoms with van der Waals surface area (Å²) in [5.74, 6) is -1.32. The van der Waals surface area contributed by atoms with Gasteiger partial charge in [-0.2, -0.15) is 14.4 Å². The standard InChI is InChI=1S/C57H63N9O11/c1-54(2,3)36-13-19-47(67)44(25-36)62-58-40-17-11-34(23-42(40)60(58)62)51(70)75-30-33(28-73-31-76-52(71)35-12-18-41-43(24-35)61-59(41)63(61)45-26-37(55(4,5)6)14-20-48(45)68)29-74-32-77-53(72)39-16-22-50-57(39,10)66-64(65(50)66)46-27-38(56(7,8)9)15-21-49(46)69/h11-27,33,51,67-70H,28-32H2,1-10H3/t33?,51-,57?,58?,59?,60?,61?,62?,63?,64?,65?,66?/m1/s1. The Morgan fingerprint density at radius 1 is 0.532 bits per heavy atom. The molecule has 0 spiro atoms. The minimum atomic E-state index is -1.34. The average Bonchev–Trinajstić information content (AvgIpc) is 4.47. The fourth-order valence-corrected chi connectivity index (χ4v) is 10.3. The van der Waals surface area contributed by atoms with E-state index in [1.807, 2.05) is 110 Å². The summed E-state index contributed by atoms with van der Waals surface area (Å²) in [6.07, 6.45) is 2.25. The number of carbonyl (C=O) groups is 2. The molecule has 2 unspecified atom stereocenters. The minimum absolute atomic E-state index is 0.0215. The third kappa shape index (κ3) is 8.11. The molecule has 1 aliphatic carbocycles. The number of fused-ring (bicyclic) bond motifs is 12. The number of aromatic hydroxyl groups is 3. The number of nitrogens with zero attached hydrogens (tertiary/aromatic N) is 9. The van der Waals surface area contributed by atoms with Crippen LogP contribution in [0.25, 0.3) is 44.8 Å². The van der Waals surface area contributed by atoms with Gasteiger partial charge in [0.2, 0.25) is 0 Å². The second-order valence-corrected chi connectivity index (χ2v) is 23.5. The van der Waals surface area contributed by atoms with E-state index in [4.69, 9.17) is 23.7 Å². The Bertz CT molecular complexity index is 3980. The molecule has 20 heteroatoms. The predicted molar refractivity (Wildman–Crippen MR) is 284 cm³/mol. The Hall–Kier alpha value is -8.04. The highest BCUT2D eigenvalue weighted by atomic mass is 16.7. The van der Waals surface area contributed by atoms with E-state index in [0.717, 1.165) is 44.5 Å². The molecule has 77 heavy (non-hydrogen) atoms. The van der Waals surface area contributed by atoms with Crippen LogP contribution in [-0.2, 0) is 50.3 Å². The van der Waals surface area contributed by atoms with Crippen molar-refractivity contribution >= 4 is 39.7 Å². The summed E-state index contributed by atoms with van der Waals surface area (Å²) in [5.41, 5.74) is 9.28. The molecule has 2 aliphatic rings. The van der Waals surface area contributed by atoms with E-state index in [1.165, 1.54) is 0 Å². The Morgan fingerprint density at radius 3 is 1.52 bits per heavy atom. The van der Waals surface area contributed by atoms with Crippen LogP contribution in [0, 0.1) is 5.92 Å². The molecule has 4 N–H and O–H groups in total. The Kier molecular flexibility index (Phi) is 11.2. The van der Waals surface area contributed by atoms with Crippen molar-refractivity contribution in [1.29, 1.82) is 0 Å². The monoisotopic (exact) mass is 1050 g/mol. The fraction of sp³-hybridized carbons (Fsp3) is 0.368. The number of benzene rings is 5. The number of hydrogen-bond acceptors (Lipinski definition) is 11. The van der Waals surface area contributed by atoms with E-state index in [0.29, 0.717) is 33.8 Å². The number of carbonyl (C=O) groups excluding carboxylic acids is 2. The maximum Gasteiger partial charge on any atom is 0.340 e. The number of ether oxygens (including phenoxy) is 5. The largest absolute Gasteiger partial charge is 0.506 e. The zero-order valence-corrected chi connectivity index (χ0v) is 44.7. The second-order valence-electron chi connectivity index (χ2n) is 23.5. The van der Waals surface area contributed by atoms with Crippen LogP contribution in [0.4, 0.5) is 0 Å². The van der Waals surface area contributed by atoms with Gasteiger partial charge < -0.3 is 44.1 Å². The zero-order valence-electron chi connectivity index (χ0n) is 44.7. The van der Waals surface area contributed by atoms with Crippen molar-refractivity contribution in [2.24, 2.45) is 5.92 Å². The van der Waals surface area contributed by atoms with Crippen molar-refractivity contribution in [3.63, 3.8) is 0 Å². The van der Waals surface area contributed by atoms with Gasteiger partial charge in [0.1, 0.15) is 56.4 Å². The molecule has 12 rings (SSSR count). The van der Waals surface area contributed by atoms with Gasteiger partial charge in [-0.15, -0.1) is 28.1 Å². The summed E-state index contributed by atoms with van der Waals surface area (Å²) in [7, 11) is 0. The Balaban J connectivity index is 0.696. The van der Waals surface area contributed by atoms with Crippen molar-refractivity contribution < 1.29 is 53.7 Å². The molecule has 1 aliphatic heterocycles. The first-order chi connectivity index (χ1) is 36.5. The molecule has 0 bridgehead atoms. The first-order valence-corrected chi connectivity index (χ1v) is 25.7. The van der Waals surface area contributed by atoms with E-state index in [-0.39, 0.29) is 53.3 Å². The lowest BCUT2D eigenvalue weighted by molar-refractivity contribution is -0.159. The van der Waals surface area contributed by atoms with Crippen molar-refractivity contribution in [2.75, 3.05) is 33.4 Å². The molecule has 6 heterocycles. The van der Waals surface area contributed by atoms with Crippen LogP contribution in [0.2, 0.25) is 0 Å². The maximum absolute atomic E-state index is 13.7. The molecule has 0 radical (unpaired) electrons. The molecule has 3 atom stereocenters. The van der Waals surface area contributed by atoms with Crippen LogP contribution >= 0.6 is 0 Å². The first-order valence-electron chi connectivity index (χ1n) is 25.7. The third-order valence-corrected chi connectivity index (χ3v) is 15.1. The lowest BCUT2D eigenvalue weighted by Crippen LogP contribution is -2.41. The molecule has 0 amide bonds. The van der Waals surface area contributed by atoms with Gasteiger partial charge in [0, 0.05) is 11.5 Å². The molecule has 402 valence electrons. The van der Waals surface area contributed by atoms with Crippen molar-refractivity contribution in [3.05, 3.63) is 137 Å². The number of allylic oxidation sites excluding steroid dienone is 3. The number of esters is 2. The predicted octanol–water partition coefficient (Wildman–Crippen LogP) is 8.74. The van der Waals surface area contributed by atoms with Gasteiger partial charge >= 0.3 is 11.9 Å². The topological polar surface area (TPSA) is 203 Å². The number of aliphatic hydroxyl groups is 1. The molecule has 10 aromatic rings. The maximum atomic E-state index is 13.7. The highest BCUT2D eigenvalue weighted by molar-refractivity contribution is 5.98. The molecular weight excluding hydrogens is 987 g/mol. The van der Waals surface area contributed by atoms with Gasteiger partial charge in [0.05, 0.1) is 36.7 Å². The average molecular weight is 1050 g/mol. The van der Waals surface area contributed by atoms with Gasteiger partial charge in [0.15, 0.2) is 25.4 Å². The van der Waals surface area contributed by atoms with Crippen molar-refractivity contribution in [3.8, 4) is 34.3 Å². The number of rotatable bonds is 17. The summed E-state index contributed by atoms with van der Waals surface area (Å²) >= 11 is 0. The lowest BCUT2D eigenvalue weighted by atomic mass is 9.87. The fourth-order valence-electron chi connectivity index (χ4n) is 10.3. The van der Waals surface area contributed by atoms with Crippen molar-refractivity contribution in [2.45, 2.75) is 97.3 Å². The number of hydrogen-bond donors (Lipinski definition) is 4. The Labute approximate surface area is 441 Å². The summed E-state index contributed by atoms with van der Waals surface area (Å²) in [6.45, 7) is 20.0. The van der Waals surface area contributed by atoms with E-state index in [2.05, 4.69) is 62.3 Å². The summed E-state index contributed by atoms with van der Waals surface area (Å²) < 4.78 is 36.6. The second kappa shape index (κ2) is 17.2. The minimum Gasteiger partial charge on any atom is -0.506 e. The highest BCUT2D eigenvalue weighted by Gasteiger charge is 2.60. The molecule has 0 saturated heterocycles. The van der Waals surface area contributed by atoms with Gasteiger partial charge in [0.25, 0.3) is 0 Å². The SMILES string of the molecule is CC(C)(C)c1ccc(O)c(-n2n3n2C2(C)C(C(=O)OCOCC(COCOC(=O)c4ccc5c(c4)n4n(-c6cc(C(C)(C)C)ccc6O)n54)CO[C@@H](O)c4ccc5c(c4)n4n(-c6cc(C(C)(C)C)ccc6O)n54)=CC=C32)c1. The highest BCUT2D eigenvalue weighted by Crippen LogP contribution is 2.54. The van der Waals surface area contributed by atoms with Gasteiger partial charge in [-0.05, 0) is 119 Å². The quantitative estimate of drug-likeness (QED) is 0.0386. The molecular formula is C57H63N9O11. The van der Waals surface area contributed by atoms with E-state index >= 15 is 0 Å². The van der Waals surface area contributed by atoms with E-state index < -0.39 is 43.3 Å². The van der Waals surface area contributed by atoms with Gasteiger partial charge in [-0.25, -0.2) is 9.59 Å². The van der Waals surface area contributed by atoms with Crippen LogP contribution in [0.3, 0.4) is 0 Å². The summed E-state index contributed by atoms with van der Waals surface area (Å²) in [6, 6.07) is 27.4. The van der Waals surface area contributed by atoms with Crippen molar-refractivity contribution in [1.82, 2.24) is 42.5 Å². The van der Waals surface area contributed by atoms with E-state index in [9.17, 15) is 30.0 Å². The summed E-state index contributed by atoms with van der Waals surface area (Å²) in [4.78, 5) is 36.4. The van der Waals surface area contributed by atoms with E-state index in [1.54, 1.807) is 42.5 Å². The van der Waals surface area contributed by atoms with Crippen LogP contribution in [-0.4, -0.2) is 108 Å². The van der Waals surface area contributed by atoms with Gasteiger partial charge in [-0.1, -0.05) is 86.6 Å². The molecule has 5 aromatic carbocycles. The number of aliphatic hydroxyl groups excluding tert-OH is 1. The number of phenolic OH excluding ortho intramolecular Hbond substituents is 3. The number of aromatic nitrogens is 9. The molecule has 5 aromatic heterocycles. The molecule has 0 saturated carbocycles. The smallest absolute Gasteiger partial charge is 0.340 e. The van der Waals surface area contributed by atoms with Crippen LogP contribution < -0.4 is 0 Å². The van der Waals surface area contributed by atoms with Gasteiger partial charge in [-0.3, -0.25) is 0 Å². The van der Waals surface area contributed by atoms with Crippen LogP contribution in [0.15, 0.2) is 109 Å². The van der Waals surface area contributed by atoms with Crippen LogP contribution in [0.1, 0.15) is 108 Å². The molecule has 0 fully saturated rings. The third-order valence-electron chi connectivity index (χ3n) is 15.1. The zero-order chi connectivity index (χ0) is 54.4. The number of phenols is 3. The Morgan fingerprint density at radius 2 is 1.00 bits per heavy atom. The normalized spacial score (nSPS) is 16.8. The lowest BCUT2D eigenvalue weighted by Gasteiger charge is -2.31.